The van der Waals surface area contributed by atoms with Gasteiger partial charge in [-0.25, -0.2) is 9.78 Å². The molecule has 7 heteroatoms. The van der Waals surface area contributed by atoms with E-state index in [0.717, 1.165) is 17.0 Å². The van der Waals surface area contributed by atoms with Crippen molar-refractivity contribution < 1.29 is 14.7 Å². The van der Waals surface area contributed by atoms with Crippen LogP contribution in [0, 0.1) is 20.8 Å². The molecule has 1 amide bonds. The zero-order chi connectivity index (χ0) is 15.6. The van der Waals surface area contributed by atoms with Crippen molar-refractivity contribution >= 4 is 23.2 Å². The van der Waals surface area contributed by atoms with E-state index in [1.54, 1.807) is 26.0 Å². The molecule has 0 aromatic carbocycles. The number of carboxylic acids is 1. The van der Waals surface area contributed by atoms with E-state index in [0.29, 0.717) is 22.0 Å². The maximum absolute atomic E-state index is 12.1. The lowest BCUT2D eigenvalue weighted by atomic mass is 10.2. The molecule has 2 aromatic rings. The predicted octanol–water partition coefficient (Wildman–Crippen LogP) is 2.09. The highest BCUT2D eigenvalue weighted by atomic mass is 32.1. The molecule has 2 heterocycles. The first kappa shape index (κ1) is 15.1. The molecule has 0 aliphatic heterocycles. The molecule has 2 N–H and O–H groups in total. The van der Waals surface area contributed by atoms with Gasteiger partial charge in [0.15, 0.2) is 0 Å². The average Bonchev–Trinajstić information content (AvgIpc) is 2.77. The number of aryl methyl sites for hydroxylation is 3. The quantitative estimate of drug-likeness (QED) is 0.902. The molecule has 0 unspecified atom stereocenters. The lowest BCUT2D eigenvalue weighted by Gasteiger charge is -2.06. The molecule has 0 atom stereocenters. The number of amides is 1. The van der Waals surface area contributed by atoms with Crippen LogP contribution >= 0.6 is 11.3 Å². The SMILES string of the molecule is Cc1ccc(C(=O)NCc2nc(C)c(C(=O)O)s2)c(C)n1. The first-order chi connectivity index (χ1) is 9.88. The van der Waals surface area contributed by atoms with Gasteiger partial charge in [0.25, 0.3) is 5.91 Å². The molecule has 110 valence electrons. The Morgan fingerprint density at radius 3 is 2.48 bits per heavy atom. The second-order valence-corrected chi connectivity index (χ2v) is 5.68. The molecule has 0 aliphatic rings. The van der Waals surface area contributed by atoms with Gasteiger partial charge in [-0.1, -0.05) is 0 Å². The molecule has 0 saturated carbocycles. The average molecular weight is 305 g/mol. The largest absolute Gasteiger partial charge is 0.477 e. The van der Waals surface area contributed by atoms with Gasteiger partial charge in [0.2, 0.25) is 0 Å². The summed E-state index contributed by atoms with van der Waals surface area (Å²) in [6.45, 7) is 5.47. The fourth-order valence-corrected chi connectivity index (χ4v) is 2.75. The monoisotopic (exact) mass is 305 g/mol. The summed E-state index contributed by atoms with van der Waals surface area (Å²) in [4.78, 5) is 31.6. The zero-order valence-electron chi connectivity index (χ0n) is 11.9. The number of nitrogens with one attached hydrogen (secondary N) is 1. The topological polar surface area (TPSA) is 92.2 Å². The number of hydrogen-bond donors (Lipinski definition) is 2. The zero-order valence-corrected chi connectivity index (χ0v) is 12.7. The molecule has 21 heavy (non-hydrogen) atoms. The number of carbonyl (C=O) groups is 2. The number of carbonyl (C=O) groups excluding carboxylic acids is 1. The van der Waals surface area contributed by atoms with Crippen LogP contribution in [-0.2, 0) is 6.54 Å². The highest BCUT2D eigenvalue weighted by Gasteiger charge is 2.15. The van der Waals surface area contributed by atoms with Gasteiger partial charge < -0.3 is 10.4 Å². The van der Waals surface area contributed by atoms with Gasteiger partial charge in [-0.3, -0.25) is 9.78 Å². The van der Waals surface area contributed by atoms with Gasteiger partial charge in [0.1, 0.15) is 9.88 Å². The number of rotatable bonds is 4. The standard InChI is InChI=1S/C14H15N3O3S/c1-7-4-5-10(8(2)16-7)13(18)15-6-11-17-9(3)12(21-11)14(19)20/h4-5H,6H2,1-3H3,(H,15,18)(H,19,20). The van der Waals surface area contributed by atoms with Crippen LogP contribution in [0.3, 0.4) is 0 Å². The Morgan fingerprint density at radius 1 is 1.19 bits per heavy atom. The highest BCUT2D eigenvalue weighted by Crippen LogP contribution is 2.18. The molecule has 0 bridgehead atoms. The molecular formula is C14H15N3O3S. The number of hydrogen-bond acceptors (Lipinski definition) is 5. The summed E-state index contributed by atoms with van der Waals surface area (Å²) in [5.41, 5.74) is 2.48. The van der Waals surface area contributed by atoms with Crippen molar-refractivity contribution in [3.8, 4) is 0 Å². The maximum Gasteiger partial charge on any atom is 0.347 e. The molecule has 6 nitrogen and oxygen atoms in total. The van der Waals surface area contributed by atoms with Crippen LogP contribution in [0.2, 0.25) is 0 Å². The van der Waals surface area contributed by atoms with E-state index in [1.807, 2.05) is 6.92 Å². The van der Waals surface area contributed by atoms with Crippen molar-refractivity contribution in [2.24, 2.45) is 0 Å². The lowest BCUT2D eigenvalue weighted by Crippen LogP contribution is -2.24. The number of thiazole rings is 1. The third-order valence-corrected chi connectivity index (χ3v) is 4.05. The fourth-order valence-electron chi connectivity index (χ4n) is 1.90. The van der Waals surface area contributed by atoms with Crippen LogP contribution in [0.25, 0.3) is 0 Å². The normalized spacial score (nSPS) is 10.4. The Labute approximate surface area is 125 Å². The van der Waals surface area contributed by atoms with Gasteiger partial charge in [-0.05, 0) is 32.9 Å². The molecular weight excluding hydrogens is 290 g/mol. The second-order valence-electron chi connectivity index (χ2n) is 4.60. The molecule has 0 spiro atoms. The molecule has 0 aliphatic carbocycles. The van der Waals surface area contributed by atoms with Crippen molar-refractivity contribution in [3.05, 3.63) is 44.7 Å². The molecule has 2 aromatic heterocycles. The van der Waals surface area contributed by atoms with E-state index in [-0.39, 0.29) is 17.3 Å². The number of nitrogens with zero attached hydrogens (tertiary/aromatic N) is 2. The summed E-state index contributed by atoms with van der Waals surface area (Å²) in [6.07, 6.45) is 0. The van der Waals surface area contributed by atoms with Gasteiger partial charge >= 0.3 is 5.97 Å². The van der Waals surface area contributed by atoms with Crippen molar-refractivity contribution in [1.29, 1.82) is 0 Å². The molecule has 0 radical (unpaired) electrons. The van der Waals surface area contributed by atoms with Crippen LogP contribution < -0.4 is 5.32 Å². The van der Waals surface area contributed by atoms with Crippen molar-refractivity contribution in [2.75, 3.05) is 0 Å². The van der Waals surface area contributed by atoms with E-state index in [2.05, 4.69) is 15.3 Å². The third kappa shape index (κ3) is 3.43. The molecule has 0 fully saturated rings. The van der Waals surface area contributed by atoms with E-state index >= 15 is 0 Å². The molecule has 2 rings (SSSR count). The Morgan fingerprint density at radius 2 is 1.90 bits per heavy atom. The van der Waals surface area contributed by atoms with Gasteiger partial charge in [-0.15, -0.1) is 11.3 Å². The van der Waals surface area contributed by atoms with Gasteiger partial charge in [0.05, 0.1) is 23.5 Å². The van der Waals surface area contributed by atoms with Crippen LogP contribution in [0.5, 0.6) is 0 Å². The summed E-state index contributed by atoms with van der Waals surface area (Å²) in [5.74, 6) is -1.24. The Kier molecular flexibility index (Phi) is 4.32. The minimum atomic E-state index is -0.999. The fraction of sp³-hybridized carbons (Fsp3) is 0.286. The third-order valence-electron chi connectivity index (χ3n) is 2.90. The van der Waals surface area contributed by atoms with Crippen molar-refractivity contribution in [3.63, 3.8) is 0 Å². The maximum atomic E-state index is 12.1. The van der Waals surface area contributed by atoms with Crippen LogP contribution in [0.15, 0.2) is 12.1 Å². The summed E-state index contributed by atoms with van der Waals surface area (Å²) < 4.78 is 0. The number of aromatic carboxylic acids is 1. The summed E-state index contributed by atoms with van der Waals surface area (Å²) in [7, 11) is 0. The number of aromatic nitrogens is 2. The van der Waals surface area contributed by atoms with Crippen molar-refractivity contribution in [2.45, 2.75) is 27.3 Å². The second kappa shape index (κ2) is 6.01. The first-order valence-electron chi connectivity index (χ1n) is 6.30. The summed E-state index contributed by atoms with van der Waals surface area (Å²) in [6, 6.07) is 3.50. The first-order valence-corrected chi connectivity index (χ1v) is 7.12. The van der Waals surface area contributed by atoms with E-state index in [4.69, 9.17) is 5.11 Å². The van der Waals surface area contributed by atoms with Gasteiger partial charge in [-0.2, -0.15) is 0 Å². The Hall–Kier alpha value is -2.28. The number of carboxylic acid groups (broad SMARTS) is 1. The lowest BCUT2D eigenvalue weighted by molar-refractivity contribution is 0.0701. The summed E-state index contributed by atoms with van der Waals surface area (Å²) >= 11 is 1.07. The van der Waals surface area contributed by atoms with Crippen LogP contribution in [0.1, 0.15) is 42.1 Å². The van der Waals surface area contributed by atoms with Crippen LogP contribution in [-0.4, -0.2) is 27.0 Å². The molecule has 0 saturated heterocycles. The number of pyridine rings is 1. The van der Waals surface area contributed by atoms with E-state index in [1.165, 1.54) is 0 Å². The Balaban J connectivity index is 2.07. The van der Waals surface area contributed by atoms with E-state index in [9.17, 15) is 9.59 Å². The van der Waals surface area contributed by atoms with E-state index < -0.39 is 5.97 Å². The van der Waals surface area contributed by atoms with Crippen LogP contribution in [0.4, 0.5) is 0 Å². The minimum Gasteiger partial charge on any atom is -0.477 e. The minimum absolute atomic E-state index is 0.199. The summed E-state index contributed by atoms with van der Waals surface area (Å²) in [5, 5.41) is 12.3. The highest BCUT2D eigenvalue weighted by molar-refractivity contribution is 7.13. The Bertz CT molecular complexity index is 709. The van der Waals surface area contributed by atoms with Gasteiger partial charge in [0, 0.05) is 5.69 Å². The smallest absolute Gasteiger partial charge is 0.347 e. The van der Waals surface area contributed by atoms with Crippen molar-refractivity contribution in [1.82, 2.24) is 15.3 Å². The predicted molar refractivity (Wildman–Crippen MR) is 78.7 cm³/mol.